The predicted octanol–water partition coefficient (Wildman–Crippen LogP) is 2.08. The van der Waals surface area contributed by atoms with Gasteiger partial charge in [0.25, 0.3) is 0 Å². The summed E-state index contributed by atoms with van der Waals surface area (Å²) < 4.78 is 4.04. The first-order chi connectivity index (χ1) is 12.3. The summed E-state index contributed by atoms with van der Waals surface area (Å²) in [4.78, 5) is 4.26. The second-order valence-corrected chi connectivity index (χ2v) is 5.73. The molecule has 0 atom stereocenters. The molecule has 1 aromatic carbocycles. The summed E-state index contributed by atoms with van der Waals surface area (Å²) in [7, 11) is 1.79. The van der Waals surface area contributed by atoms with Crippen LogP contribution >= 0.6 is 0 Å². The summed E-state index contributed by atoms with van der Waals surface area (Å²) in [6.07, 6.45) is 8.99. The van der Waals surface area contributed by atoms with E-state index in [2.05, 4.69) is 43.9 Å². The van der Waals surface area contributed by atoms with Crippen LogP contribution in [0.4, 0.5) is 0 Å². The number of nitrogens with zero attached hydrogens (tertiary/aromatic N) is 4. The third kappa shape index (κ3) is 4.97. The van der Waals surface area contributed by atoms with Gasteiger partial charge in [-0.25, -0.2) is 4.68 Å². The Balaban J connectivity index is 1.41. The first kappa shape index (κ1) is 16.8. The van der Waals surface area contributed by atoms with Crippen molar-refractivity contribution in [2.75, 3.05) is 20.1 Å². The summed E-state index contributed by atoms with van der Waals surface area (Å²) in [5.41, 5.74) is 2.27. The summed E-state index contributed by atoms with van der Waals surface area (Å²) >= 11 is 0. The first-order valence-corrected chi connectivity index (χ1v) is 8.49. The van der Waals surface area contributed by atoms with Gasteiger partial charge in [-0.15, -0.1) is 0 Å². The molecule has 0 saturated heterocycles. The van der Waals surface area contributed by atoms with Gasteiger partial charge >= 0.3 is 0 Å². The van der Waals surface area contributed by atoms with E-state index in [1.165, 1.54) is 5.56 Å². The fourth-order valence-corrected chi connectivity index (χ4v) is 2.58. The summed E-state index contributed by atoms with van der Waals surface area (Å²) in [6.45, 7) is 2.56. The van der Waals surface area contributed by atoms with E-state index in [0.717, 1.165) is 37.7 Å². The molecule has 0 aliphatic rings. The molecule has 2 heterocycles. The van der Waals surface area contributed by atoms with E-state index in [9.17, 15) is 0 Å². The second-order valence-electron chi connectivity index (χ2n) is 5.73. The van der Waals surface area contributed by atoms with Crippen LogP contribution in [0.25, 0.3) is 5.69 Å². The molecule has 3 aromatic rings. The minimum Gasteiger partial charge on any atom is -0.356 e. The van der Waals surface area contributed by atoms with Crippen LogP contribution in [-0.2, 0) is 13.0 Å². The number of guanidine groups is 1. The van der Waals surface area contributed by atoms with E-state index in [0.29, 0.717) is 0 Å². The summed E-state index contributed by atoms with van der Waals surface area (Å²) in [5, 5.41) is 11.1. The molecule has 2 aromatic heterocycles. The van der Waals surface area contributed by atoms with E-state index in [4.69, 9.17) is 0 Å². The Hall–Kier alpha value is -3.02. The third-order valence-corrected chi connectivity index (χ3v) is 3.92. The van der Waals surface area contributed by atoms with E-state index in [1.54, 1.807) is 7.05 Å². The van der Waals surface area contributed by atoms with Gasteiger partial charge in [0.2, 0.25) is 0 Å². The number of aromatic nitrogens is 3. The van der Waals surface area contributed by atoms with Crippen LogP contribution in [0.5, 0.6) is 0 Å². The zero-order valence-electron chi connectivity index (χ0n) is 14.5. The largest absolute Gasteiger partial charge is 0.356 e. The first-order valence-electron chi connectivity index (χ1n) is 8.49. The summed E-state index contributed by atoms with van der Waals surface area (Å²) in [6, 6.07) is 14.2. The Bertz CT molecular complexity index is 773. The molecule has 0 aliphatic heterocycles. The number of para-hydroxylation sites is 1. The molecule has 130 valence electrons. The quantitative estimate of drug-likeness (QED) is 0.513. The molecule has 3 rings (SSSR count). The average Bonchev–Trinajstić information content (AvgIpc) is 3.33. The highest BCUT2D eigenvalue weighted by Gasteiger charge is 2.02. The number of hydrogen-bond donors (Lipinski definition) is 2. The zero-order chi connectivity index (χ0) is 17.3. The number of rotatable bonds is 7. The lowest BCUT2D eigenvalue weighted by molar-refractivity contribution is 0.665. The van der Waals surface area contributed by atoms with Crippen molar-refractivity contribution in [1.29, 1.82) is 0 Å². The van der Waals surface area contributed by atoms with Crippen molar-refractivity contribution in [3.05, 3.63) is 72.8 Å². The molecular weight excluding hydrogens is 312 g/mol. The van der Waals surface area contributed by atoms with Crippen LogP contribution in [0.2, 0.25) is 0 Å². The lowest BCUT2D eigenvalue weighted by atomic mass is 10.2. The Morgan fingerprint density at radius 3 is 2.56 bits per heavy atom. The average molecular weight is 336 g/mol. The lowest BCUT2D eigenvalue weighted by Crippen LogP contribution is -2.39. The number of benzene rings is 1. The molecule has 0 unspecified atom stereocenters. The molecule has 0 amide bonds. The SMILES string of the molecule is CN=C(NCCc1cnn(-c2ccccc2)c1)NCCn1cccc1. The normalized spacial score (nSPS) is 11.5. The monoisotopic (exact) mass is 336 g/mol. The Morgan fingerprint density at radius 1 is 1.04 bits per heavy atom. The van der Waals surface area contributed by atoms with Gasteiger partial charge in [0, 0.05) is 45.3 Å². The van der Waals surface area contributed by atoms with Gasteiger partial charge < -0.3 is 15.2 Å². The lowest BCUT2D eigenvalue weighted by Gasteiger charge is -2.11. The fraction of sp³-hybridized carbons (Fsp3) is 0.263. The van der Waals surface area contributed by atoms with Gasteiger partial charge in [-0.3, -0.25) is 4.99 Å². The number of nitrogens with one attached hydrogen (secondary N) is 2. The second kappa shape index (κ2) is 8.73. The molecule has 0 aliphatic carbocycles. The molecule has 6 heteroatoms. The predicted molar refractivity (Wildman–Crippen MR) is 101 cm³/mol. The van der Waals surface area contributed by atoms with Gasteiger partial charge in [0.05, 0.1) is 11.9 Å². The molecule has 25 heavy (non-hydrogen) atoms. The van der Waals surface area contributed by atoms with Crippen LogP contribution in [-0.4, -0.2) is 40.4 Å². The van der Waals surface area contributed by atoms with Crippen LogP contribution in [0, 0.1) is 0 Å². The summed E-state index contributed by atoms with van der Waals surface area (Å²) in [5.74, 6) is 0.822. The topological polar surface area (TPSA) is 59.2 Å². The van der Waals surface area contributed by atoms with E-state index in [1.807, 2.05) is 53.3 Å². The van der Waals surface area contributed by atoms with Gasteiger partial charge in [0.15, 0.2) is 5.96 Å². The van der Waals surface area contributed by atoms with E-state index >= 15 is 0 Å². The maximum atomic E-state index is 4.42. The highest BCUT2D eigenvalue weighted by Crippen LogP contribution is 2.07. The molecule has 0 radical (unpaired) electrons. The van der Waals surface area contributed by atoms with Crippen molar-refractivity contribution < 1.29 is 0 Å². The van der Waals surface area contributed by atoms with Crippen molar-refractivity contribution >= 4 is 5.96 Å². The molecule has 0 saturated carbocycles. The fourth-order valence-electron chi connectivity index (χ4n) is 2.58. The van der Waals surface area contributed by atoms with Crippen molar-refractivity contribution in [3.63, 3.8) is 0 Å². The standard InChI is InChI=1S/C19H24N6/c1-20-19(22-11-14-24-12-5-6-13-24)21-10-9-17-15-23-25(16-17)18-7-3-2-4-8-18/h2-8,12-13,15-16H,9-11,14H2,1H3,(H2,20,21,22). The maximum Gasteiger partial charge on any atom is 0.191 e. The molecule has 0 bridgehead atoms. The van der Waals surface area contributed by atoms with Crippen LogP contribution in [0.3, 0.4) is 0 Å². The molecule has 0 spiro atoms. The molecule has 2 N–H and O–H groups in total. The minimum atomic E-state index is 0.809. The highest BCUT2D eigenvalue weighted by molar-refractivity contribution is 5.79. The van der Waals surface area contributed by atoms with Gasteiger partial charge in [-0.05, 0) is 36.2 Å². The number of hydrogen-bond acceptors (Lipinski definition) is 2. The minimum absolute atomic E-state index is 0.809. The van der Waals surface area contributed by atoms with Crippen molar-refractivity contribution in [2.45, 2.75) is 13.0 Å². The van der Waals surface area contributed by atoms with Gasteiger partial charge in [0.1, 0.15) is 0 Å². The Labute approximate surface area is 148 Å². The van der Waals surface area contributed by atoms with Crippen LogP contribution in [0.1, 0.15) is 5.56 Å². The number of aliphatic imine (C=N–C) groups is 1. The molecule has 0 fully saturated rings. The van der Waals surface area contributed by atoms with Crippen molar-refractivity contribution in [1.82, 2.24) is 25.0 Å². The zero-order valence-corrected chi connectivity index (χ0v) is 14.5. The van der Waals surface area contributed by atoms with Crippen LogP contribution < -0.4 is 10.6 Å². The van der Waals surface area contributed by atoms with Gasteiger partial charge in [-0.1, -0.05) is 18.2 Å². The highest BCUT2D eigenvalue weighted by atomic mass is 15.3. The van der Waals surface area contributed by atoms with E-state index in [-0.39, 0.29) is 0 Å². The Morgan fingerprint density at radius 2 is 1.80 bits per heavy atom. The smallest absolute Gasteiger partial charge is 0.191 e. The van der Waals surface area contributed by atoms with Crippen molar-refractivity contribution in [2.24, 2.45) is 4.99 Å². The van der Waals surface area contributed by atoms with E-state index < -0.39 is 0 Å². The van der Waals surface area contributed by atoms with Crippen LogP contribution in [0.15, 0.2) is 72.2 Å². The van der Waals surface area contributed by atoms with Gasteiger partial charge in [-0.2, -0.15) is 5.10 Å². The van der Waals surface area contributed by atoms with Crippen molar-refractivity contribution in [3.8, 4) is 5.69 Å². The molecular formula is C19H24N6. The maximum absolute atomic E-state index is 4.42. The third-order valence-electron chi connectivity index (χ3n) is 3.92. The molecule has 6 nitrogen and oxygen atoms in total. The Kier molecular flexibility index (Phi) is 5.87.